The highest BCUT2D eigenvalue weighted by atomic mass is 16.5. The van der Waals surface area contributed by atoms with Crippen molar-refractivity contribution in [2.75, 3.05) is 26.8 Å². The highest BCUT2D eigenvalue weighted by Crippen LogP contribution is 2.17. The summed E-state index contributed by atoms with van der Waals surface area (Å²) in [5.74, 6) is 0.157. The lowest BCUT2D eigenvalue weighted by atomic mass is 10.1. The van der Waals surface area contributed by atoms with Crippen LogP contribution < -0.4 is 10.6 Å². The zero-order chi connectivity index (χ0) is 13.4. The van der Waals surface area contributed by atoms with Crippen LogP contribution in [0.25, 0.3) is 0 Å². The van der Waals surface area contributed by atoms with Gasteiger partial charge < -0.3 is 20.5 Å². The fraction of sp³-hybridized carbons (Fsp3) is 0.462. The van der Waals surface area contributed by atoms with E-state index in [1.54, 1.807) is 25.3 Å². The van der Waals surface area contributed by atoms with Gasteiger partial charge in [0.15, 0.2) is 0 Å². The molecule has 0 aliphatic rings. The molecule has 0 bridgehead atoms. The molecule has 0 heterocycles. The molecular weight excluding hydrogens is 232 g/mol. The van der Waals surface area contributed by atoms with E-state index in [9.17, 15) is 9.90 Å². The molecule has 1 unspecified atom stereocenters. The first-order valence-corrected chi connectivity index (χ1v) is 5.91. The summed E-state index contributed by atoms with van der Waals surface area (Å²) in [5, 5.41) is 15.2. The maximum atomic E-state index is 11.4. The fourth-order valence-corrected chi connectivity index (χ4v) is 1.51. The molecule has 1 rings (SSSR count). The average molecular weight is 252 g/mol. The predicted molar refractivity (Wildman–Crippen MR) is 69.4 cm³/mol. The molecule has 0 fully saturated rings. The second-order valence-electron chi connectivity index (χ2n) is 4.04. The number of carbonyl (C=O) groups excluding carboxylic acids is 1. The quantitative estimate of drug-likeness (QED) is 0.628. The number of carbonyl (C=O) groups is 1. The van der Waals surface area contributed by atoms with Crippen LogP contribution in [0.15, 0.2) is 24.3 Å². The van der Waals surface area contributed by atoms with E-state index in [-0.39, 0.29) is 24.2 Å². The summed E-state index contributed by atoms with van der Waals surface area (Å²) in [5.41, 5.74) is 0.944. The van der Waals surface area contributed by atoms with Gasteiger partial charge in [-0.25, -0.2) is 0 Å². The van der Waals surface area contributed by atoms with Gasteiger partial charge in [0.25, 0.3) is 0 Å². The Hall–Kier alpha value is -1.59. The third-order valence-electron chi connectivity index (χ3n) is 2.57. The third-order valence-corrected chi connectivity index (χ3v) is 2.57. The van der Waals surface area contributed by atoms with Gasteiger partial charge in [-0.05, 0) is 24.6 Å². The summed E-state index contributed by atoms with van der Waals surface area (Å²) in [4.78, 5) is 11.4. The lowest BCUT2D eigenvalue weighted by molar-refractivity contribution is -0.120. The van der Waals surface area contributed by atoms with Crippen LogP contribution in [0.1, 0.15) is 18.5 Å². The normalized spacial score (nSPS) is 12.1. The molecule has 100 valence electrons. The first-order chi connectivity index (χ1) is 8.63. The minimum Gasteiger partial charge on any atom is -0.508 e. The van der Waals surface area contributed by atoms with Crippen LogP contribution in [0, 0.1) is 0 Å². The molecular formula is C13H20N2O3. The molecule has 3 N–H and O–H groups in total. The van der Waals surface area contributed by atoms with Gasteiger partial charge >= 0.3 is 0 Å². The van der Waals surface area contributed by atoms with Crippen LogP contribution >= 0.6 is 0 Å². The van der Waals surface area contributed by atoms with Crippen LogP contribution in [0.2, 0.25) is 0 Å². The van der Waals surface area contributed by atoms with Gasteiger partial charge in [0.2, 0.25) is 5.91 Å². The molecule has 5 heteroatoms. The number of phenols is 1. The van der Waals surface area contributed by atoms with Crippen LogP contribution in [-0.4, -0.2) is 37.8 Å². The minimum atomic E-state index is -0.0703. The molecule has 0 saturated heterocycles. The van der Waals surface area contributed by atoms with E-state index < -0.39 is 0 Å². The second-order valence-corrected chi connectivity index (χ2v) is 4.04. The summed E-state index contributed by atoms with van der Waals surface area (Å²) in [6, 6.07) is 6.99. The fourth-order valence-electron chi connectivity index (χ4n) is 1.51. The van der Waals surface area contributed by atoms with Crippen LogP contribution in [-0.2, 0) is 9.53 Å². The molecule has 0 aromatic heterocycles. The topological polar surface area (TPSA) is 70.6 Å². The number of benzene rings is 1. The maximum absolute atomic E-state index is 11.4. The Bertz CT molecular complexity index is 382. The van der Waals surface area contributed by atoms with Crippen LogP contribution in [0.3, 0.4) is 0 Å². The Balaban J connectivity index is 2.32. The van der Waals surface area contributed by atoms with Gasteiger partial charge in [-0.3, -0.25) is 4.79 Å². The number of phenolic OH excluding ortho intramolecular Hbond substituents is 1. The Morgan fingerprint density at radius 1 is 1.50 bits per heavy atom. The van der Waals surface area contributed by atoms with E-state index in [0.29, 0.717) is 13.2 Å². The Morgan fingerprint density at radius 3 is 2.94 bits per heavy atom. The van der Waals surface area contributed by atoms with Crippen molar-refractivity contribution >= 4 is 5.91 Å². The molecule has 18 heavy (non-hydrogen) atoms. The Labute approximate surface area is 107 Å². The lowest BCUT2D eigenvalue weighted by Crippen LogP contribution is -2.36. The molecule has 1 atom stereocenters. The van der Waals surface area contributed by atoms with E-state index in [0.717, 1.165) is 5.56 Å². The van der Waals surface area contributed by atoms with Crippen molar-refractivity contribution in [2.24, 2.45) is 0 Å². The minimum absolute atomic E-state index is 0.00488. The molecule has 0 saturated carbocycles. The van der Waals surface area contributed by atoms with Crippen molar-refractivity contribution in [1.29, 1.82) is 0 Å². The predicted octanol–water partition coefficient (Wildman–Crippen LogP) is 0.805. The molecule has 0 radical (unpaired) electrons. The van der Waals surface area contributed by atoms with E-state index in [4.69, 9.17) is 4.74 Å². The van der Waals surface area contributed by atoms with Crippen molar-refractivity contribution in [3.05, 3.63) is 29.8 Å². The molecule has 0 aliphatic heterocycles. The van der Waals surface area contributed by atoms with E-state index in [2.05, 4.69) is 10.6 Å². The Kier molecular flexibility index (Phi) is 6.18. The van der Waals surface area contributed by atoms with Crippen LogP contribution in [0.4, 0.5) is 0 Å². The van der Waals surface area contributed by atoms with E-state index >= 15 is 0 Å². The van der Waals surface area contributed by atoms with Gasteiger partial charge in [0, 0.05) is 19.7 Å². The molecule has 1 amide bonds. The summed E-state index contributed by atoms with van der Waals surface area (Å²) in [6.07, 6.45) is 0. The molecule has 0 spiro atoms. The Morgan fingerprint density at radius 2 is 2.28 bits per heavy atom. The van der Waals surface area contributed by atoms with E-state index in [1.165, 1.54) is 0 Å². The first-order valence-electron chi connectivity index (χ1n) is 5.91. The van der Waals surface area contributed by atoms with Crippen molar-refractivity contribution in [3.8, 4) is 5.75 Å². The van der Waals surface area contributed by atoms with Gasteiger partial charge in [-0.2, -0.15) is 0 Å². The monoisotopic (exact) mass is 252 g/mol. The number of hydrogen-bond acceptors (Lipinski definition) is 4. The van der Waals surface area contributed by atoms with Crippen molar-refractivity contribution < 1.29 is 14.6 Å². The van der Waals surface area contributed by atoms with Gasteiger partial charge in [0.1, 0.15) is 5.75 Å². The van der Waals surface area contributed by atoms with Gasteiger partial charge in [-0.15, -0.1) is 0 Å². The summed E-state index contributed by atoms with van der Waals surface area (Å²) in [7, 11) is 1.59. The number of nitrogens with one attached hydrogen (secondary N) is 2. The summed E-state index contributed by atoms with van der Waals surface area (Å²) >= 11 is 0. The molecule has 1 aromatic carbocycles. The number of aromatic hydroxyl groups is 1. The summed E-state index contributed by atoms with van der Waals surface area (Å²) in [6.45, 7) is 3.20. The van der Waals surface area contributed by atoms with Crippen molar-refractivity contribution in [3.63, 3.8) is 0 Å². The number of rotatable bonds is 7. The zero-order valence-electron chi connectivity index (χ0n) is 10.8. The highest BCUT2D eigenvalue weighted by Gasteiger charge is 2.07. The smallest absolute Gasteiger partial charge is 0.234 e. The van der Waals surface area contributed by atoms with E-state index in [1.807, 2.05) is 13.0 Å². The number of methoxy groups -OCH3 is 1. The summed E-state index contributed by atoms with van der Waals surface area (Å²) < 4.78 is 4.84. The second kappa shape index (κ2) is 7.68. The maximum Gasteiger partial charge on any atom is 0.234 e. The zero-order valence-corrected chi connectivity index (χ0v) is 10.8. The number of amides is 1. The van der Waals surface area contributed by atoms with Crippen molar-refractivity contribution in [2.45, 2.75) is 13.0 Å². The van der Waals surface area contributed by atoms with Crippen LogP contribution in [0.5, 0.6) is 5.75 Å². The number of ether oxygens (including phenoxy) is 1. The lowest BCUT2D eigenvalue weighted by Gasteiger charge is -2.14. The average Bonchev–Trinajstić information content (AvgIpc) is 2.36. The molecule has 0 aliphatic carbocycles. The highest BCUT2D eigenvalue weighted by molar-refractivity contribution is 5.78. The molecule has 5 nitrogen and oxygen atoms in total. The molecule has 1 aromatic rings. The van der Waals surface area contributed by atoms with Crippen molar-refractivity contribution in [1.82, 2.24) is 10.6 Å². The number of hydrogen-bond donors (Lipinski definition) is 3. The van der Waals surface area contributed by atoms with Gasteiger partial charge in [0.05, 0.1) is 13.2 Å². The third kappa shape index (κ3) is 5.16. The standard InChI is InChI=1S/C13H20N2O3/c1-10(11-4-3-5-12(16)8-11)15-9-13(17)14-6-7-18-2/h3-5,8,10,15-16H,6-7,9H2,1-2H3,(H,14,17). The first kappa shape index (κ1) is 14.5. The van der Waals surface area contributed by atoms with Gasteiger partial charge in [-0.1, -0.05) is 12.1 Å². The largest absolute Gasteiger partial charge is 0.508 e. The SMILES string of the molecule is COCCNC(=O)CNC(C)c1cccc(O)c1.